The quantitative estimate of drug-likeness (QED) is 0.652. The topological polar surface area (TPSA) is 89.5 Å². The lowest BCUT2D eigenvalue weighted by Crippen LogP contribution is -2.43. The fourth-order valence-electron chi connectivity index (χ4n) is 1.81. The number of ether oxygens (including phenoxy) is 1. The molecule has 0 saturated heterocycles. The number of amides is 1. The van der Waals surface area contributed by atoms with Crippen LogP contribution in [0, 0.1) is 5.92 Å². The van der Waals surface area contributed by atoms with Gasteiger partial charge < -0.3 is 10.1 Å². The van der Waals surface area contributed by atoms with Crippen LogP contribution in [0.5, 0.6) is 0 Å². The van der Waals surface area contributed by atoms with Gasteiger partial charge in [-0.1, -0.05) is 26.0 Å². The number of hydrogen-bond acceptors (Lipinski definition) is 5. The number of sulfone groups is 1. The second kappa shape index (κ2) is 9.17. The zero-order valence-corrected chi connectivity index (χ0v) is 16.3. The summed E-state index contributed by atoms with van der Waals surface area (Å²) in [7, 11) is -3.26. The molecule has 1 amide bonds. The van der Waals surface area contributed by atoms with E-state index in [0.717, 1.165) is 6.26 Å². The SMILES string of the molecule is CC(C)COC(=O)C(CCS(C)(=O)=O)NC(=O)c1ccccc1Br. The summed E-state index contributed by atoms with van der Waals surface area (Å²) in [6.07, 6.45) is 1.05. The summed E-state index contributed by atoms with van der Waals surface area (Å²) in [5, 5.41) is 2.56. The van der Waals surface area contributed by atoms with Gasteiger partial charge in [-0.05, 0) is 40.4 Å². The third kappa shape index (κ3) is 7.44. The summed E-state index contributed by atoms with van der Waals surface area (Å²) in [6.45, 7) is 3.98. The molecule has 1 unspecified atom stereocenters. The Morgan fingerprint density at radius 3 is 2.42 bits per heavy atom. The third-order valence-electron chi connectivity index (χ3n) is 3.04. The van der Waals surface area contributed by atoms with Gasteiger partial charge in [-0.25, -0.2) is 13.2 Å². The summed E-state index contributed by atoms with van der Waals surface area (Å²) >= 11 is 3.27. The molecule has 1 aromatic rings. The second-order valence-electron chi connectivity index (χ2n) is 5.95. The predicted octanol–water partition coefficient (Wildman–Crippen LogP) is 2.18. The molecule has 0 saturated carbocycles. The fraction of sp³-hybridized carbons (Fsp3) is 0.500. The van der Waals surface area contributed by atoms with Gasteiger partial charge in [-0.15, -0.1) is 0 Å². The molecule has 0 aliphatic rings. The third-order valence-corrected chi connectivity index (χ3v) is 4.71. The van der Waals surface area contributed by atoms with Gasteiger partial charge in [0.05, 0.1) is 17.9 Å². The molecule has 0 aromatic heterocycles. The molecule has 1 atom stereocenters. The minimum absolute atomic E-state index is 0.0358. The Morgan fingerprint density at radius 1 is 1.25 bits per heavy atom. The maximum Gasteiger partial charge on any atom is 0.328 e. The Labute approximate surface area is 151 Å². The van der Waals surface area contributed by atoms with Crippen molar-refractivity contribution in [3.05, 3.63) is 34.3 Å². The lowest BCUT2D eigenvalue weighted by Gasteiger charge is -2.18. The Morgan fingerprint density at radius 2 is 1.88 bits per heavy atom. The van der Waals surface area contributed by atoms with Gasteiger partial charge in [-0.2, -0.15) is 0 Å². The van der Waals surface area contributed by atoms with Crippen LogP contribution in [-0.2, 0) is 19.4 Å². The van der Waals surface area contributed by atoms with Crippen LogP contribution in [0.25, 0.3) is 0 Å². The summed E-state index contributed by atoms with van der Waals surface area (Å²) in [5.41, 5.74) is 0.360. The monoisotopic (exact) mass is 419 g/mol. The average molecular weight is 420 g/mol. The molecule has 0 bridgehead atoms. The zero-order chi connectivity index (χ0) is 18.3. The maximum atomic E-state index is 12.3. The Kier molecular flexibility index (Phi) is 7.89. The van der Waals surface area contributed by atoms with E-state index in [2.05, 4.69) is 21.2 Å². The van der Waals surface area contributed by atoms with E-state index in [9.17, 15) is 18.0 Å². The van der Waals surface area contributed by atoms with Crippen molar-refractivity contribution in [3.63, 3.8) is 0 Å². The van der Waals surface area contributed by atoms with Crippen molar-refractivity contribution in [2.24, 2.45) is 5.92 Å². The number of carbonyl (C=O) groups excluding carboxylic acids is 2. The minimum Gasteiger partial charge on any atom is -0.464 e. The van der Waals surface area contributed by atoms with Gasteiger partial charge in [0.15, 0.2) is 0 Å². The fourth-order valence-corrected chi connectivity index (χ4v) is 2.94. The molecule has 0 heterocycles. The highest BCUT2D eigenvalue weighted by molar-refractivity contribution is 9.10. The number of carbonyl (C=O) groups is 2. The summed E-state index contributed by atoms with van der Waals surface area (Å²) in [6, 6.07) is 5.75. The van der Waals surface area contributed by atoms with Gasteiger partial charge in [-0.3, -0.25) is 4.79 Å². The summed E-state index contributed by atoms with van der Waals surface area (Å²) in [5.74, 6) is -1.18. The molecule has 6 nitrogen and oxygen atoms in total. The summed E-state index contributed by atoms with van der Waals surface area (Å²) in [4.78, 5) is 24.5. The molecular weight excluding hydrogens is 398 g/mol. The first kappa shape index (κ1) is 20.6. The molecule has 0 radical (unpaired) electrons. The van der Waals surface area contributed by atoms with Crippen molar-refractivity contribution in [1.29, 1.82) is 0 Å². The van der Waals surface area contributed by atoms with E-state index in [0.29, 0.717) is 10.0 Å². The molecule has 1 N–H and O–H groups in total. The van der Waals surface area contributed by atoms with Crippen LogP contribution >= 0.6 is 15.9 Å². The van der Waals surface area contributed by atoms with Crippen LogP contribution in [-0.4, -0.2) is 45.0 Å². The van der Waals surface area contributed by atoms with Crippen LogP contribution in [0.1, 0.15) is 30.6 Å². The zero-order valence-electron chi connectivity index (χ0n) is 13.9. The van der Waals surface area contributed by atoms with Crippen LogP contribution < -0.4 is 5.32 Å². The Hall–Kier alpha value is -1.41. The number of rotatable bonds is 8. The van der Waals surface area contributed by atoms with Crippen molar-refractivity contribution in [1.82, 2.24) is 5.32 Å². The second-order valence-corrected chi connectivity index (χ2v) is 9.06. The first-order valence-electron chi connectivity index (χ1n) is 7.50. The van der Waals surface area contributed by atoms with E-state index in [-0.39, 0.29) is 24.7 Å². The van der Waals surface area contributed by atoms with E-state index in [1.807, 2.05) is 13.8 Å². The highest BCUT2D eigenvalue weighted by Gasteiger charge is 2.25. The molecule has 0 spiro atoms. The van der Waals surface area contributed by atoms with Crippen LogP contribution in [0.2, 0.25) is 0 Å². The largest absolute Gasteiger partial charge is 0.464 e. The van der Waals surface area contributed by atoms with E-state index in [4.69, 9.17) is 4.74 Å². The van der Waals surface area contributed by atoms with Crippen LogP contribution in [0.15, 0.2) is 28.7 Å². The summed E-state index contributed by atoms with van der Waals surface area (Å²) < 4.78 is 28.4. The van der Waals surface area contributed by atoms with Crippen molar-refractivity contribution in [3.8, 4) is 0 Å². The number of benzene rings is 1. The molecule has 134 valence electrons. The molecule has 24 heavy (non-hydrogen) atoms. The Balaban J connectivity index is 2.85. The van der Waals surface area contributed by atoms with Gasteiger partial charge in [0, 0.05) is 10.7 Å². The van der Waals surface area contributed by atoms with E-state index < -0.39 is 27.8 Å². The van der Waals surface area contributed by atoms with Crippen molar-refractivity contribution in [2.75, 3.05) is 18.6 Å². The lowest BCUT2D eigenvalue weighted by atomic mass is 10.1. The van der Waals surface area contributed by atoms with Crippen molar-refractivity contribution in [2.45, 2.75) is 26.3 Å². The predicted molar refractivity (Wildman–Crippen MR) is 95.5 cm³/mol. The smallest absolute Gasteiger partial charge is 0.328 e. The molecule has 0 aliphatic heterocycles. The molecule has 1 aromatic carbocycles. The van der Waals surface area contributed by atoms with Gasteiger partial charge in [0.1, 0.15) is 15.9 Å². The standard InChI is InChI=1S/C16H22BrNO5S/c1-11(2)10-23-16(20)14(8-9-24(3,21)22)18-15(19)12-6-4-5-7-13(12)17/h4-7,11,14H,8-10H2,1-3H3,(H,18,19). The molecular formula is C16H22BrNO5S. The Bertz CT molecular complexity index is 687. The molecule has 1 rings (SSSR count). The first-order chi connectivity index (χ1) is 11.1. The normalized spacial score (nSPS) is 12.7. The number of esters is 1. The number of halogens is 1. The molecule has 8 heteroatoms. The molecule has 0 aliphatic carbocycles. The van der Waals surface area contributed by atoms with E-state index in [1.54, 1.807) is 24.3 Å². The van der Waals surface area contributed by atoms with E-state index >= 15 is 0 Å². The van der Waals surface area contributed by atoms with Gasteiger partial charge >= 0.3 is 5.97 Å². The van der Waals surface area contributed by atoms with E-state index in [1.165, 1.54) is 0 Å². The van der Waals surface area contributed by atoms with Crippen LogP contribution in [0.3, 0.4) is 0 Å². The lowest BCUT2D eigenvalue weighted by molar-refractivity contribution is -0.147. The number of nitrogens with one attached hydrogen (secondary N) is 1. The highest BCUT2D eigenvalue weighted by Crippen LogP contribution is 2.16. The van der Waals surface area contributed by atoms with Crippen molar-refractivity contribution < 1.29 is 22.7 Å². The van der Waals surface area contributed by atoms with Gasteiger partial charge in [0.2, 0.25) is 0 Å². The highest BCUT2D eigenvalue weighted by atomic mass is 79.9. The van der Waals surface area contributed by atoms with Gasteiger partial charge in [0.25, 0.3) is 5.91 Å². The van der Waals surface area contributed by atoms with Crippen LogP contribution in [0.4, 0.5) is 0 Å². The minimum atomic E-state index is -3.26. The average Bonchev–Trinajstić information content (AvgIpc) is 2.48. The first-order valence-corrected chi connectivity index (χ1v) is 10.3. The maximum absolute atomic E-state index is 12.3. The molecule has 0 fully saturated rings. The van der Waals surface area contributed by atoms with Crippen molar-refractivity contribution >= 4 is 37.6 Å². The number of hydrogen-bond donors (Lipinski definition) is 1.